The van der Waals surface area contributed by atoms with Gasteiger partial charge in [-0.25, -0.2) is 4.79 Å². The summed E-state index contributed by atoms with van der Waals surface area (Å²) in [5.41, 5.74) is 4.13. The lowest BCUT2D eigenvalue weighted by Gasteiger charge is -2.09. The van der Waals surface area contributed by atoms with Crippen molar-refractivity contribution in [2.24, 2.45) is 0 Å². The van der Waals surface area contributed by atoms with E-state index in [0.29, 0.717) is 30.2 Å². The zero-order chi connectivity index (χ0) is 21.5. The number of esters is 1. The Labute approximate surface area is 175 Å². The molecule has 1 heterocycles. The van der Waals surface area contributed by atoms with Gasteiger partial charge in [0.1, 0.15) is 18.1 Å². The molecule has 7 heteroatoms. The molecule has 0 aliphatic heterocycles. The first kappa shape index (κ1) is 21.1. The van der Waals surface area contributed by atoms with Crippen LogP contribution in [0.25, 0.3) is 0 Å². The number of aryl methyl sites for hydroxylation is 3. The monoisotopic (exact) mass is 408 g/mol. The van der Waals surface area contributed by atoms with E-state index in [-0.39, 0.29) is 12.5 Å². The van der Waals surface area contributed by atoms with E-state index in [1.807, 2.05) is 45.0 Å². The molecular weight excluding hydrogens is 384 g/mol. The van der Waals surface area contributed by atoms with E-state index >= 15 is 0 Å². The molecule has 30 heavy (non-hydrogen) atoms. The highest BCUT2D eigenvalue weighted by molar-refractivity contribution is 5.91. The van der Waals surface area contributed by atoms with Gasteiger partial charge in [-0.1, -0.05) is 29.4 Å². The average Bonchev–Trinajstić information content (AvgIpc) is 3.07. The zero-order valence-corrected chi connectivity index (χ0v) is 17.2. The Kier molecular flexibility index (Phi) is 6.85. The summed E-state index contributed by atoms with van der Waals surface area (Å²) in [6.45, 7) is 6.03. The predicted octanol–water partition coefficient (Wildman–Crippen LogP) is 3.65. The number of carbonyl (C=O) groups excluding carboxylic acids is 2. The molecule has 0 bridgehead atoms. The highest BCUT2D eigenvalue weighted by atomic mass is 16.5. The van der Waals surface area contributed by atoms with Gasteiger partial charge in [0.2, 0.25) is 0 Å². The van der Waals surface area contributed by atoms with Crippen LogP contribution in [0.3, 0.4) is 0 Å². The van der Waals surface area contributed by atoms with Crippen molar-refractivity contribution in [3.63, 3.8) is 0 Å². The van der Waals surface area contributed by atoms with Gasteiger partial charge in [-0.2, -0.15) is 0 Å². The quantitative estimate of drug-likeness (QED) is 0.572. The van der Waals surface area contributed by atoms with Crippen LogP contribution in [-0.2, 0) is 22.7 Å². The van der Waals surface area contributed by atoms with Crippen LogP contribution in [0.5, 0.6) is 5.75 Å². The number of ether oxygens (including phenoxy) is 2. The molecule has 1 amide bonds. The molecule has 0 unspecified atom stereocenters. The number of nitrogens with one attached hydrogen (secondary N) is 1. The molecule has 0 aliphatic rings. The first-order chi connectivity index (χ1) is 14.4. The molecule has 7 nitrogen and oxygen atoms in total. The molecule has 0 fully saturated rings. The Balaban J connectivity index is 1.45. The number of aromatic nitrogens is 1. The molecule has 1 N–H and O–H groups in total. The smallest absolute Gasteiger partial charge is 0.338 e. The third kappa shape index (κ3) is 5.47. The van der Waals surface area contributed by atoms with Crippen molar-refractivity contribution < 1.29 is 23.6 Å². The van der Waals surface area contributed by atoms with Crippen LogP contribution in [0, 0.1) is 20.8 Å². The summed E-state index contributed by atoms with van der Waals surface area (Å²) in [5, 5.41) is 6.63. The van der Waals surface area contributed by atoms with Crippen LogP contribution < -0.4 is 10.1 Å². The van der Waals surface area contributed by atoms with Gasteiger partial charge in [0.25, 0.3) is 5.91 Å². The lowest BCUT2D eigenvalue weighted by molar-refractivity contribution is -0.124. The fraction of sp³-hybridized carbons (Fsp3) is 0.261. The minimum absolute atomic E-state index is 0.325. The maximum atomic E-state index is 12.2. The van der Waals surface area contributed by atoms with Crippen LogP contribution in [-0.4, -0.2) is 23.6 Å². The van der Waals surface area contributed by atoms with E-state index in [0.717, 1.165) is 22.4 Å². The summed E-state index contributed by atoms with van der Waals surface area (Å²) in [6.07, 6.45) is 0. The minimum atomic E-state index is -0.571. The molecule has 0 saturated heterocycles. The van der Waals surface area contributed by atoms with Gasteiger partial charge in [-0.05, 0) is 56.2 Å². The third-order valence-corrected chi connectivity index (χ3v) is 4.73. The average molecular weight is 408 g/mol. The molecule has 0 saturated carbocycles. The molecular formula is C23H24N2O5. The van der Waals surface area contributed by atoms with Gasteiger partial charge < -0.3 is 19.3 Å². The molecule has 2 aromatic carbocycles. The third-order valence-electron chi connectivity index (χ3n) is 4.73. The number of hydrogen-bond acceptors (Lipinski definition) is 6. The SMILES string of the molecule is Cc1ccccc1CNC(=O)COC(=O)c1ccc(OCc2c(C)noc2C)cc1. The Morgan fingerprint density at radius 1 is 1.03 bits per heavy atom. The number of amides is 1. The molecule has 3 aromatic rings. The first-order valence-corrected chi connectivity index (χ1v) is 9.57. The Hall–Kier alpha value is -3.61. The van der Waals surface area contributed by atoms with E-state index in [1.54, 1.807) is 24.3 Å². The van der Waals surface area contributed by atoms with E-state index in [2.05, 4.69) is 10.5 Å². The van der Waals surface area contributed by atoms with E-state index in [4.69, 9.17) is 14.0 Å². The second-order valence-corrected chi connectivity index (χ2v) is 6.90. The summed E-state index contributed by atoms with van der Waals surface area (Å²) >= 11 is 0. The largest absolute Gasteiger partial charge is 0.489 e. The van der Waals surface area contributed by atoms with Gasteiger partial charge in [-0.3, -0.25) is 4.79 Å². The Morgan fingerprint density at radius 2 is 1.77 bits per heavy atom. The molecule has 0 atom stereocenters. The molecule has 0 radical (unpaired) electrons. The topological polar surface area (TPSA) is 90.7 Å². The maximum absolute atomic E-state index is 12.2. The van der Waals surface area contributed by atoms with Crippen LogP contribution in [0.2, 0.25) is 0 Å². The Bertz CT molecular complexity index is 1000. The summed E-state index contributed by atoms with van der Waals surface area (Å²) < 4.78 is 15.9. The first-order valence-electron chi connectivity index (χ1n) is 9.57. The normalized spacial score (nSPS) is 10.5. The van der Waals surface area contributed by atoms with Crippen molar-refractivity contribution in [3.05, 3.63) is 82.2 Å². The van der Waals surface area contributed by atoms with Gasteiger partial charge in [0.15, 0.2) is 6.61 Å². The van der Waals surface area contributed by atoms with Crippen LogP contribution >= 0.6 is 0 Å². The van der Waals surface area contributed by atoms with Gasteiger partial charge in [-0.15, -0.1) is 0 Å². The second-order valence-electron chi connectivity index (χ2n) is 6.90. The highest BCUT2D eigenvalue weighted by Gasteiger charge is 2.12. The van der Waals surface area contributed by atoms with Crippen LogP contribution in [0.4, 0.5) is 0 Å². The standard InChI is InChI=1S/C23H24N2O5/c1-15-6-4-5-7-19(15)12-24-22(26)14-29-23(27)18-8-10-20(11-9-18)28-13-21-16(2)25-30-17(21)3/h4-11H,12-14H2,1-3H3,(H,24,26). The van der Waals surface area contributed by atoms with Crippen LogP contribution in [0.15, 0.2) is 53.1 Å². The predicted molar refractivity (Wildman–Crippen MR) is 110 cm³/mol. The Morgan fingerprint density at radius 3 is 2.43 bits per heavy atom. The van der Waals surface area contributed by atoms with E-state index in [1.165, 1.54) is 0 Å². The summed E-state index contributed by atoms with van der Waals surface area (Å²) in [6, 6.07) is 14.3. The molecule has 0 aliphatic carbocycles. The molecule has 0 spiro atoms. The summed E-state index contributed by atoms with van der Waals surface area (Å²) in [4.78, 5) is 24.1. The number of nitrogens with zero attached hydrogens (tertiary/aromatic N) is 1. The molecule has 156 valence electrons. The van der Waals surface area contributed by atoms with Crippen molar-refractivity contribution in [2.45, 2.75) is 33.9 Å². The fourth-order valence-corrected chi connectivity index (χ4v) is 2.82. The van der Waals surface area contributed by atoms with E-state index in [9.17, 15) is 9.59 Å². The van der Waals surface area contributed by atoms with Crippen molar-refractivity contribution in [1.29, 1.82) is 0 Å². The van der Waals surface area contributed by atoms with Crippen molar-refractivity contribution in [1.82, 2.24) is 10.5 Å². The van der Waals surface area contributed by atoms with Crippen molar-refractivity contribution >= 4 is 11.9 Å². The second kappa shape index (κ2) is 9.73. The van der Waals surface area contributed by atoms with Gasteiger partial charge >= 0.3 is 5.97 Å². The number of hydrogen-bond donors (Lipinski definition) is 1. The molecule has 1 aromatic heterocycles. The maximum Gasteiger partial charge on any atom is 0.338 e. The number of benzene rings is 2. The van der Waals surface area contributed by atoms with E-state index < -0.39 is 5.97 Å². The number of carbonyl (C=O) groups is 2. The summed E-state index contributed by atoms with van der Waals surface area (Å²) in [7, 11) is 0. The zero-order valence-electron chi connectivity index (χ0n) is 17.2. The van der Waals surface area contributed by atoms with Crippen molar-refractivity contribution in [3.8, 4) is 5.75 Å². The minimum Gasteiger partial charge on any atom is -0.489 e. The van der Waals surface area contributed by atoms with Crippen LogP contribution in [0.1, 0.15) is 38.5 Å². The lowest BCUT2D eigenvalue weighted by Crippen LogP contribution is -2.28. The fourth-order valence-electron chi connectivity index (χ4n) is 2.82. The summed E-state index contributed by atoms with van der Waals surface area (Å²) in [5.74, 6) is 0.389. The lowest BCUT2D eigenvalue weighted by atomic mass is 10.1. The number of rotatable bonds is 8. The molecule has 3 rings (SSSR count). The van der Waals surface area contributed by atoms with Gasteiger partial charge in [0.05, 0.1) is 16.8 Å². The highest BCUT2D eigenvalue weighted by Crippen LogP contribution is 2.18. The van der Waals surface area contributed by atoms with Crippen molar-refractivity contribution in [2.75, 3.05) is 6.61 Å². The van der Waals surface area contributed by atoms with Gasteiger partial charge in [0, 0.05) is 6.54 Å².